The molecule has 0 aliphatic carbocycles. The predicted octanol–water partition coefficient (Wildman–Crippen LogP) is 2.88. The molecule has 0 radical (unpaired) electrons. The van der Waals surface area contributed by atoms with Crippen LogP contribution in [0.25, 0.3) is 0 Å². The highest BCUT2D eigenvalue weighted by molar-refractivity contribution is 4.85. The van der Waals surface area contributed by atoms with Crippen LogP contribution in [0, 0.1) is 5.92 Å². The Balaban J connectivity index is 2.62. The van der Waals surface area contributed by atoms with Crippen molar-refractivity contribution in [3.05, 3.63) is 0 Å². The number of rotatable bonds is 4. The standard InChI is InChI=1S/C14H30N2/c1-6-7-12(4)16-10-14(11(2)3)15-9-8-13(16)5/h11-15H,6-10H2,1-5H3. The van der Waals surface area contributed by atoms with Crippen LogP contribution in [-0.2, 0) is 0 Å². The van der Waals surface area contributed by atoms with E-state index < -0.39 is 0 Å². The fraction of sp³-hybridized carbons (Fsp3) is 1.00. The highest BCUT2D eigenvalue weighted by atomic mass is 15.2. The zero-order valence-electron chi connectivity index (χ0n) is 11.8. The lowest BCUT2D eigenvalue weighted by Crippen LogP contribution is -2.46. The molecule has 0 spiro atoms. The molecule has 1 fully saturated rings. The second-order valence-electron chi connectivity index (χ2n) is 5.78. The molecule has 96 valence electrons. The Morgan fingerprint density at radius 3 is 2.56 bits per heavy atom. The van der Waals surface area contributed by atoms with Crippen LogP contribution in [0.3, 0.4) is 0 Å². The average Bonchev–Trinajstić information content (AvgIpc) is 2.40. The molecule has 0 aromatic heterocycles. The lowest BCUT2D eigenvalue weighted by Gasteiger charge is -2.35. The van der Waals surface area contributed by atoms with Crippen LogP contribution in [0.4, 0.5) is 0 Å². The Labute approximate surface area is 102 Å². The van der Waals surface area contributed by atoms with Crippen LogP contribution in [0.1, 0.15) is 53.9 Å². The fourth-order valence-corrected chi connectivity index (χ4v) is 2.76. The first-order valence-corrected chi connectivity index (χ1v) is 7.05. The minimum Gasteiger partial charge on any atom is -0.312 e. The Hall–Kier alpha value is -0.0800. The third kappa shape index (κ3) is 3.74. The number of hydrogen-bond donors (Lipinski definition) is 1. The van der Waals surface area contributed by atoms with Crippen molar-refractivity contribution in [1.29, 1.82) is 0 Å². The average molecular weight is 226 g/mol. The highest BCUT2D eigenvalue weighted by Gasteiger charge is 2.27. The zero-order valence-corrected chi connectivity index (χ0v) is 11.8. The molecule has 1 heterocycles. The van der Waals surface area contributed by atoms with Gasteiger partial charge in [0.15, 0.2) is 0 Å². The van der Waals surface area contributed by atoms with E-state index in [1.54, 1.807) is 0 Å². The molecule has 3 unspecified atom stereocenters. The third-order valence-electron chi connectivity index (χ3n) is 4.02. The molecule has 0 aromatic rings. The molecule has 16 heavy (non-hydrogen) atoms. The van der Waals surface area contributed by atoms with Crippen molar-refractivity contribution in [1.82, 2.24) is 10.2 Å². The molecule has 2 heteroatoms. The summed E-state index contributed by atoms with van der Waals surface area (Å²) in [5.74, 6) is 0.738. The van der Waals surface area contributed by atoms with Crippen LogP contribution in [0.5, 0.6) is 0 Å². The second kappa shape index (κ2) is 6.61. The molecule has 0 bridgehead atoms. The van der Waals surface area contributed by atoms with E-state index in [1.165, 1.54) is 32.4 Å². The SMILES string of the molecule is CCCC(C)N1CC(C(C)C)NCCC1C. The maximum absolute atomic E-state index is 3.70. The van der Waals surface area contributed by atoms with Crippen LogP contribution < -0.4 is 5.32 Å². The van der Waals surface area contributed by atoms with Crippen molar-refractivity contribution in [2.45, 2.75) is 72.0 Å². The van der Waals surface area contributed by atoms with Crippen LogP contribution >= 0.6 is 0 Å². The molecule has 2 nitrogen and oxygen atoms in total. The summed E-state index contributed by atoms with van der Waals surface area (Å²) >= 11 is 0. The summed E-state index contributed by atoms with van der Waals surface area (Å²) in [6.07, 6.45) is 3.91. The van der Waals surface area contributed by atoms with E-state index in [0.29, 0.717) is 6.04 Å². The first kappa shape index (κ1) is 14.0. The van der Waals surface area contributed by atoms with Gasteiger partial charge < -0.3 is 5.32 Å². The summed E-state index contributed by atoms with van der Waals surface area (Å²) in [7, 11) is 0. The van der Waals surface area contributed by atoms with Crippen molar-refractivity contribution in [3.8, 4) is 0 Å². The molecular weight excluding hydrogens is 196 g/mol. The maximum Gasteiger partial charge on any atom is 0.0218 e. The van der Waals surface area contributed by atoms with Gasteiger partial charge in [-0.15, -0.1) is 0 Å². The van der Waals surface area contributed by atoms with E-state index in [9.17, 15) is 0 Å². The van der Waals surface area contributed by atoms with Gasteiger partial charge in [-0.1, -0.05) is 27.2 Å². The molecule has 1 aliphatic rings. The molecule has 0 amide bonds. The van der Waals surface area contributed by atoms with Gasteiger partial charge in [-0.2, -0.15) is 0 Å². The van der Waals surface area contributed by atoms with Crippen molar-refractivity contribution >= 4 is 0 Å². The Kier molecular flexibility index (Phi) is 5.77. The van der Waals surface area contributed by atoms with Gasteiger partial charge in [-0.25, -0.2) is 0 Å². The Bertz CT molecular complexity index is 191. The smallest absolute Gasteiger partial charge is 0.0218 e. The number of hydrogen-bond acceptors (Lipinski definition) is 2. The number of nitrogens with zero attached hydrogens (tertiary/aromatic N) is 1. The summed E-state index contributed by atoms with van der Waals surface area (Å²) in [5.41, 5.74) is 0. The van der Waals surface area contributed by atoms with E-state index >= 15 is 0 Å². The van der Waals surface area contributed by atoms with Gasteiger partial charge in [0, 0.05) is 24.7 Å². The summed E-state index contributed by atoms with van der Waals surface area (Å²) in [4.78, 5) is 2.72. The molecule has 1 rings (SSSR count). The summed E-state index contributed by atoms with van der Waals surface area (Å²) in [6.45, 7) is 14.1. The van der Waals surface area contributed by atoms with E-state index in [-0.39, 0.29) is 0 Å². The molecule has 0 saturated carbocycles. The van der Waals surface area contributed by atoms with Crippen LogP contribution in [0.15, 0.2) is 0 Å². The van der Waals surface area contributed by atoms with Gasteiger partial charge in [-0.05, 0) is 39.2 Å². The van der Waals surface area contributed by atoms with E-state index in [0.717, 1.165) is 18.0 Å². The predicted molar refractivity (Wildman–Crippen MR) is 71.8 cm³/mol. The van der Waals surface area contributed by atoms with Gasteiger partial charge in [0.1, 0.15) is 0 Å². The molecule has 1 aliphatic heterocycles. The Morgan fingerprint density at radius 1 is 1.31 bits per heavy atom. The third-order valence-corrected chi connectivity index (χ3v) is 4.02. The Morgan fingerprint density at radius 2 is 2.00 bits per heavy atom. The molecule has 3 atom stereocenters. The monoisotopic (exact) mass is 226 g/mol. The van der Waals surface area contributed by atoms with E-state index in [2.05, 4.69) is 44.8 Å². The first-order valence-electron chi connectivity index (χ1n) is 7.05. The summed E-state index contributed by atoms with van der Waals surface area (Å²) in [5, 5.41) is 3.70. The van der Waals surface area contributed by atoms with Crippen molar-refractivity contribution in [2.75, 3.05) is 13.1 Å². The molecular formula is C14H30N2. The van der Waals surface area contributed by atoms with E-state index in [1.807, 2.05) is 0 Å². The topological polar surface area (TPSA) is 15.3 Å². The molecule has 1 N–H and O–H groups in total. The first-order chi connectivity index (χ1) is 7.56. The van der Waals surface area contributed by atoms with Crippen molar-refractivity contribution in [3.63, 3.8) is 0 Å². The second-order valence-corrected chi connectivity index (χ2v) is 5.78. The summed E-state index contributed by atoms with van der Waals surface area (Å²) in [6, 6.07) is 2.14. The van der Waals surface area contributed by atoms with Gasteiger partial charge in [-0.3, -0.25) is 4.90 Å². The summed E-state index contributed by atoms with van der Waals surface area (Å²) < 4.78 is 0. The van der Waals surface area contributed by atoms with Gasteiger partial charge in [0.2, 0.25) is 0 Å². The zero-order chi connectivity index (χ0) is 12.1. The van der Waals surface area contributed by atoms with E-state index in [4.69, 9.17) is 0 Å². The lowest BCUT2D eigenvalue weighted by atomic mass is 10.0. The van der Waals surface area contributed by atoms with Gasteiger partial charge >= 0.3 is 0 Å². The largest absolute Gasteiger partial charge is 0.312 e. The fourth-order valence-electron chi connectivity index (χ4n) is 2.76. The quantitative estimate of drug-likeness (QED) is 0.793. The van der Waals surface area contributed by atoms with Crippen molar-refractivity contribution in [2.24, 2.45) is 5.92 Å². The number of nitrogens with one attached hydrogen (secondary N) is 1. The lowest BCUT2D eigenvalue weighted by molar-refractivity contribution is 0.135. The van der Waals surface area contributed by atoms with Crippen LogP contribution in [-0.4, -0.2) is 36.1 Å². The van der Waals surface area contributed by atoms with Crippen LogP contribution in [0.2, 0.25) is 0 Å². The van der Waals surface area contributed by atoms with Gasteiger partial charge in [0.05, 0.1) is 0 Å². The molecule has 0 aromatic carbocycles. The van der Waals surface area contributed by atoms with Crippen molar-refractivity contribution < 1.29 is 0 Å². The maximum atomic E-state index is 3.70. The minimum absolute atomic E-state index is 0.671. The van der Waals surface area contributed by atoms with Gasteiger partial charge in [0.25, 0.3) is 0 Å². The molecule has 1 saturated heterocycles. The highest BCUT2D eigenvalue weighted by Crippen LogP contribution is 2.18. The minimum atomic E-state index is 0.671. The normalized spacial score (nSPS) is 30.4.